The van der Waals surface area contributed by atoms with Crippen LogP contribution in [0, 0.1) is 6.92 Å². The molecule has 3 aromatic rings. The van der Waals surface area contributed by atoms with Crippen LogP contribution in [0.15, 0.2) is 70.2 Å². The van der Waals surface area contributed by atoms with E-state index in [-0.39, 0.29) is 28.9 Å². The smallest absolute Gasteiger partial charge is 0.335 e. The molecule has 7 nitrogen and oxygen atoms in total. The summed E-state index contributed by atoms with van der Waals surface area (Å²) in [5, 5.41) is 14.6. The SMILES string of the molecule is Cc1ccc(C(=O)O)cc1NC(=O)CSc1cccc(NC(=O)c2ccco2)c1. The second-order valence-electron chi connectivity index (χ2n) is 6.13. The molecule has 0 radical (unpaired) electrons. The van der Waals surface area contributed by atoms with Crippen LogP contribution in [-0.2, 0) is 4.79 Å². The lowest BCUT2D eigenvalue weighted by Crippen LogP contribution is -2.15. The van der Waals surface area contributed by atoms with E-state index in [1.165, 1.54) is 30.2 Å². The maximum absolute atomic E-state index is 12.3. The number of hydrogen-bond acceptors (Lipinski definition) is 5. The molecule has 0 aliphatic carbocycles. The van der Waals surface area contributed by atoms with Gasteiger partial charge in [0.25, 0.3) is 5.91 Å². The summed E-state index contributed by atoms with van der Waals surface area (Å²) in [5.41, 5.74) is 1.94. The Morgan fingerprint density at radius 2 is 1.86 bits per heavy atom. The standard InChI is InChI=1S/C21H18N2O5S/c1-13-7-8-14(21(26)27)10-17(13)23-19(24)12-29-16-5-2-4-15(11-16)22-20(25)18-6-3-9-28-18/h2-11H,12H2,1H3,(H,22,25)(H,23,24)(H,26,27). The second-order valence-corrected chi connectivity index (χ2v) is 7.18. The van der Waals surface area contributed by atoms with Gasteiger partial charge in [-0.2, -0.15) is 0 Å². The summed E-state index contributed by atoms with van der Waals surface area (Å²) in [6.07, 6.45) is 1.42. The number of aromatic carboxylic acids is 1. The molecule has 3 rings (SSSR count). The first-order valence-electron chi connectivity index (χ1n) is 8.64. The fraction of sp³-hybridized carbons (Fsp3) is 0.0952. The van der Waals surface area contributed by atoms with Crippen molar-refractivity contribution in [3.63, 3.8) is 0 Å². The summed E-state index contributed by atoms with van der Waals surface area (Å²) in [7, 11) is 0. The predicted molar refractivity (Wildman–Crippen MR) is 111 cm³/mol. The van der Waals surface area contributed by atoms with Crippen molar-refractivity contribution in [3.8, 4) is 0 Å². The Hall–Kier alpha value is -3.52. The molecule has 3 N–H and O–H groups in total. The van der Waals surface area contributed by atoms with Crippen LogP contribution in [0.4, 0.5) is 11.4 Å². The lowest BCUT2D eigenvalue weighted by atomic mass is 10.1. The molecule has 1 aromatic heterocycles. The number of thioether (sulfide) groups is 1. The zero-order chi connectivity index (χ0) is 20.8. The molecule has 0 aliphatic rings. The van der Waals surface area contributed by atoms with Crippen molar-refractivity contribution in [2.24, 2.45) is 0 Å². The molecular weight excluding hydrogens is 392 g/mol. The topological polar surface area (TPSA) is 109 Å². The number of nitrogens with one attached hydrogen (secondary N) is 2. The van der Waals surface area contributed by atoms with Crippen molar-refractivity contribution in [2.45, 2.75) is 11.8 Å². The number of carbonyl (C=O) groups is 3. The summed E-state index contributed by atoms with van der Waals surface area (Å²) < 4.78 is 5.06. The van der Waals surface area contributed by atoms with Gasteiger partial charge in [0, 0.05) is 16.3 Å². The molecule has 0 bridgehead atoms. The summed E-state index contributed by atoms with van der Waals surface area (Å²) in [6.45, 7) is 1.79. The van der Waals surface area contributed by atoms with Crippen LogP contribution in [0.1, 0.15) is 26.5 Å². The quantitative estimate of drug-likeness (QED) is 0.502. The molecule has 2 aromatic carbocycles. The third kappa shape index (κ3) is 5.49. The number of carboxylic acids is 1. The van der Waals surface area contributed by atoms with Crippen LogP contribution in [0.2, 0.25) is 0 Å². The average Bonchev–Trinajstić information content (AvgIpc) is 3.23. The van der Waals surface area contributed by atoms with Gasteiger partial charge in [0.05, 0.1) is 17.6 Å². The Morgan fingerprint density at radius 3 is 2.59 bits per heavy atom. The van der Waals surface area contributed by atoms with E-state index in [4.69, 9.17) is 9.52 Å². The highest BCUT2D eigenvalue weighted by molar-refractivity contribution is 8.00. The molecule has 0 aliphatic heterocycles. The van der Waals surface area contributed by atoms with Crippen molar-refractivity contribution in [3.05, 3.63) is 77.7 Å². The number of amides is 2. The molecule has 8 heteroatoms. The molecule has 0 spiro atoms. The number of carboxylic acid groups (broad SMARTS) is 1. The highest BCUT2D eigenvalue weighted by Gasteiger charge is 2.11. The van der Waals surface area contributed by atoms with Crippen molar-refractivity contribution in [1.29, 1.82) is 0 Å². The Bertz CT molecular complexity index is 1050. The molecule has 148 valence electrons. The highest BCUT2D eigenvalue weighted by Crippen LogP contribution is 2.23. The molecule has 29 heavy (non-hydrogen) atoms. The van der Waals surface area contributed by atoms with E-state index in [2.05, 4.69) is 10.6 Å². The molecule has 0 atom stereocenters. The summed E-state index contributed by atoms with van der Waals surface area (Å²) in [5.74, 6) is -1.33. The van der Waals surface area contributed by atoms with Gasteiger partial charge in [0.1, 0.15) is 0 Å². The molecule has 0 saturated carbocycles. The summed E-state index contributed by atoms with van der Waals surface area (Å²) in [4.78, 5) is 36.2. The molecule has 2 amide bonds. The van der Waals surface area contributed by atoms with E-state index >= 15 is 0 Å². The Labute approximate surface area is 171 Å². The van der Waals surface area contributed by atoms with E-state index in [1.807, 2.05) is 6.07 Å². The number of carbonyl (C=O) groups excluding carboxylic acids is 2. The van der Waals surface area contributed by atoms with Crippen LogP contribution in [0.3, 0.4) is 0 Å². The van der Waals surface area contributed by atoms with E-state index in [0.717, 1.165) is 10.5 Å². The fourth-order valence-corrected chi connectivity index (χ4v) is 3.24. The number of anilines is 2. The van der Waals surface area contributed by atoms with Crippen molar-refractivity contribution in [1.82, 2.24) is 0 Å². The van der Waals surface area contributed by atoms with Gasteiger partial charge in [-0.15, -0.1) is 11.8 Å². The number of aryl methyl sites for hydroxylation is 1. The molecular formula is C21H18N2O5S. The van der Waals surface area contributed by atoms with Crippen LogP contribution < -0.4 is 10.6 Å². The van der Waals surface area contributed by atoms with Gasteiger partial charge in [-0.05, 0) is 55.0 Å². The van der Waals surface area contributed by atoms with Gasteiger partial charge < -0.3 is 20.2 Å². The Balaban J connectivity index is 1.59. The zero-order valence-electron chi connectivity index (χ0n) is 15.5. The number of hydrogen-bond donors (Lipinski definition) is 3. The van der Waals surface area contributed by atoms with Gasteiger partial charge in [0.15, 0.2) is 5.76 Å². The summed E-state index contributed by atoms with van der Waals surface area (Å²) >= 11 is 1.30. The maximum atomic E-state index is 12.3. The monoisotopic (exact) mass is 410 g/mol. The predicted octanol–water partition coefficient (Wildman–Crippen LogP) is 4.27. The first kappa shape index (κ1) is 20.2. The van der Waals surface area contributed by atoms with E-state index in [9.17, 15) is 14.4 Å². The molecule has 0 saturated heterocycles. The minimum atomic E-state index is -1.05. The number of benzene rings is 2. The lowest BCUT2D eigenvalue weighted by molar-refractivity contribution is -0.113. The first-order chi connectivity index (χ1) is 13.9. The van der Waals surface area contributed by atoms with Gasteiger partial charge in [-0.25, -0.2) is 4.79 Å². The van der Waals surface area contributed by atoms with Crippen molar-refractivity contribution in [2.75, 3.05) is 16.4 Å². The van der Waals surface area contributed by atoms with Gasteiger partial charge in [-0.3, -0.25) is 9.59 Å². The minimum absolute atomic E-state index is 0.110. The van der Waals surface area contributed by atoms with Crippen LogP contribution in [-0.4, -0.2) is 28.6 Å². The molecule has 1 heterocycles. The average molecular weight is 410 g/mol. The van der Waals surface area contributed by atoms with E-state index in [0.29, 0.717) is 11.4 Å². The van der Waals surface area contributed by atoms with Gasteiger partial charge in [0.2, 0.25) is 5.91 Å². The van der Waals surface area contributed by atoms with Crippen LogP contribution in [0.5, 0.6) is 0 Å². The van der Waals surface area contributed by atoms with Gasteiger partial charge in [-0.1, -0.05) is 12.1 Å². The molecule has 0 fully saturated rings. The van der Waals surface area contributed by atoms with Crippen LogP contribution in [0.25, 0.3) is 0 Å². The third-order valence-electron chi connectivity index (χ3n) is 3.97. The zero-order valence-corrected chi connectivity index (χ0v) is 16.3. The Kier molecular flexibility index (Phi) is 6.36. The Morgan fingerprint density at radius 1 is 1.03 bits per heavy atom. The fourth-order valence-electron chi connectivity index (χ4n) is 2.49. The second kappa shape index (κ2) is 9.11. The van der Waals surface area contributed by atoms with Crippen molar-refractivity contribution < 1.29 is 23.9 Å². The number of furan rings is 1. The van der Waals surface area contributed by atoms with E-state index in [1.54, 1.807) is 43.3 Å². The van der Waals surface area contributed by atoms with E-state index < -0.39 is 5.97 Å². The maximum Gasteiger partial charge on any atom is 0.335 e. The van der Waals surface area contributed by atoms with Crippen LogP contribution >= 0.6 is 11.8 Å². The lowest BCUT2D eigenvalue weighted by Gasteiger charge is -2.10. The minimum Gasteiger partial charge on any atom is -0.478 e. The largest absolute Gasteiger partial charge is 0.478 e. The van der Waals surface area contributed by atoms with Crippen molar-refractivity contribution >= 4 is 40.9 Å². The van der Waals surface area contributed by atoms with Gasteiger partial charge >= 0.3 is 5.97 Å². The highest BCUT2D eigenvalue weighted by atomic mass is 32.2. The normalized spacial score (nSPS) is 10.4. The first-order valence-corrected chi connectivity index (χ1v) is 9.62. The summed E-state index contributed by atoms with van der Waals surface area (Å²) in [6, 6.07) is 14.9. The molecule has 0 unspecified atom stereocenters. The number of rotatable bonds is 7. The third-order valence-corrected chi connectivity index (χ3v) is 4.96.